The highest BCUT2D eigenvalue weighted by atomic mass is 16.5. The predicted octanol–water partition coefficient (Wildman–Crippen LogP) is 3.83. The summed E-state index contributed by atoms with van der Waals surface area (Å²) in [5, 5.41) is 4.73. The van der Waals surface area contributed by atoms with Gasteiger partial charge in [0, 0.05) is 11.6 Å². The number of imide groups is 1. The van der Waals surface area contributed by atoms with Gasteiger partial charge in [0.15, 0.2) is 6.10 Å². The van der Waals surface area contributed by atoms with Gasteiger partial charge in [-0.1, -0.05) is 42.5 Å². The summed E-state index contributed by atoms with van der Waals surface area (Å²) in [5.74, 6) is -0.686. The molecule has 0 aliphatic heterocycles. The van der Waals surface area contributed by atoms with Gasteiger partial charge >= 0.3 is 12.0 Å². The number of rotatable bonds is 7. The van der Waals surface area contributed by atoms with Crippen LogP contribution in [-0.4, -0.2) is 29.6 Å². The molecule has 7 nitrogen and oxygen atoms in total. The van der Waals surface area contributed by atoms with Crippen molar-refractivity contribution in [3.05, 3.63) is 71.8 Å². The molecule has 0 spiro atoms. The minimum atomic E-state index is -1.11. The molecule has 0 unspecified atom stereocenters. The summed E-state index contributed by atoms with van der Waals surface area (Å²) in [5.41, 5.74) is 1.35. The Morgan fingerprint density at radius 1 is 1.00 bits per heavy atom. The average molecular weight is 424 g/mol. The van der Waals surface area contributed by atoms with E-state index < -0.39 is 29.6 Å². The van der Waals surface area contributed by atoms with Crippen molar-refractivity contribution in [2.24, 2.45) is 0 Å². The zero-order valence-electron chi connectivity index (χ0n) is 18.2. The molecular weight excluding hydrogens is 396 g/mol. The summed E-state index contributed by atoms with van der Waals surface area (Å²) < 4.78 is 10.8. The van der Waals surface area contributed by atoms with Crippen LogP contribution in [0.4, 0.5) is 4.79 Å². The van der Waals surface area contributed by atoms with Crippen molar-refractivity contribution >= 4 is 24.0 Å². The zero-order valence-corrected chi connectivity index (χ0v) is 18.2. The van der Waals surface area contributed by atoms with Crippen molar-refractivity contribution in [1.82, 2.24) is 10.6 Å². The number of hydrogen-bond acceptors (Lipinski definition) is 5. The first-order chi connectivity index (χ1) is 14.6. The third-order valence-electron chi connectivity index (χ3n) is 3.93. The standard InChI is InChI=1S/C24H28N2O5/c1-17(22(28)25-23(29)26-24(2,3)4)31-21(27)15-12-18-10-13-20(14-11-18)30-16-19-8-6-5-7-9-19/h5-15,17H,16H2,1-4H3,(H2,25,26,28,29)/b15-12-/t17-/m1/s1. The lowest BCUT2D eigenvalue weighted by Crippen LogP contribution is -2.50. The van der Waals surface area contributed by atoms with Crippen LogP contribution in [-0.2, 0) is 20.9 Å². The quantitative estimate of drug-likeness (QED) is 0.520. The zero-order chi connectivity index (χ0) is 22.9. The maximum Gasteiger partial charge on any atom is 0.331 e. The Labute approximate surface area is 182 Å². The summed E-state index contributed by atoms with van der Waals surface area (Å²) in [6.45, 7) is 7.22. The number of benzene rings is 2. The molecule has 164 valence electrons. The molecule has 0 radical (unpaired) electrons. The summed E-state index contributed by atoms with van der Waals surface area (Å²) in [7, 11) is 0. The van der Waals surface area contributed by atoms with E-state index in [9.17, 15) is 14.4 Å². The van der Waals surface area contributed by atoms with Crippen LogP contribution in [0.1, 0.15) is 38.8 Å². The van der Waals surface area contributed by atoms with Crippen LogP contribution >= 0.6 is 0 Å². The van der Waals surface area contributed by atoms with Crippen molar-refractivity contribution < 1.29 is 23.9 Å². The smallest absolute Gasteiger partial charge is 0.331 e. The molecule has 0 heterocycles. The Bertz CT molecular complexity index is 915. The van der Waals surface area contributed by atoms with Gasteiger partial charge in [0.25, 0.3) is 5.91 Å². The maximum absolute atomic E-state index is 12.0. The molecule has 2 rings (SSSR count). The highest BCUT2D eigenvalue weighted by Crippen LogP contribution is 2.15. The molecule has 3 amide bonds. The molecule has 0 saturated heterocycles. The minimum absolute atomic E-state index is 0.468. The van der Waals surface area contributed by atoms with Gasteiger partial charge in [-0.15, -0.1) is 0 Å². The normalized spacial score (nSPS) is 12.1. The number of urea groups is 1. The Kier molecular flexibility index (Phi) is 8.37. The van der Waals surface area contributed by atoms with Gasteiger partial charge in [-0.2, -0.15) is 0 Å². The van der Waals surface area contributed by atoms with Crippen molar-refractivity contribution in [3.63, 3.8) is 0 Å². The van der Waals surface area contributed by atoms with E-state index in [1.807, 2.05) is 30.3 Å². The lowest BCUT2D eigenvalue weighted by atomic mass is 10.1. The summed E-state index contributed by atoms with van der Waals surface area (Å²) in [4.78, 5) is 35.6. The van der Waals surface area contributed by atoms with E-state index in [4.69, 9.17) is 9.47 Å². The first-order valence-electron chi connectivity index (χ1n) is 9.91. The molecule has 0 aromatic heterocycles. The summed E-state index contributed by atoms with van der Waals surface area (Å²) in [6, 6.07) is 16.4. The van der Waals surface area contributed by atoms with Crippen molar-refractivity contribution in [2.45, 2.75) is 45.9 Å². The second kappa shape index (κ2) is 11.0. The molecule has 0 saturated carbocycles. The fourth-order valence-electron chi connectivity index (χ4n) is 2.43. The van der Waals surface area contributed by atoms with Crippen LogP contribution in [0.3, 0.4) is 0 Å². The molecule has 0 fully saturated rings. The molecule has 2 N–H and O–H groups in total. The number of hydrogen-bond donors (Lipinski definition) is 2. The van der Waals surface area contributed by atoms with Gasteiger partial charge < -0.3 is 14.8 Å². The summed E-state index contributed by atoms with van der Waals surface area (Å²) >= 11 is 0. The number of carbonyl (C=O) groups is 3. The van der Waals surface area contributed by atoms with E-state index >= 15 is 0 Å². The Morgan fingerprint density at radius 3 is 2.26 bits per heavy atom. The Morgan fingerprint density at radius 2 is 1.65 bits per heavy atom. The van der Waals surface area contributed by atoms with Crippen LogP contribution in [0.5, 0.6) is 5.75 Å². The molecule has 31 heavy (non-hydrogen) atoms. The third kappa shape index (κ3) is 9.16. The average Bonchev–Trinajstić information content (AvgIpc) is 2.70. The first-order valence-corrected chi connectivity index (χ1v) is 9.91. The van der Waals surface area contributed by atoms with Gasteiger partial charge in [0.05, 0.1) is 0 Å². The lowest BCUT2D eigenvalue weighted by Gasteiger charge is -2.21. The second-order valence-corrected chi connectivity index (χ2v) is 7.95. The largest absolute Gasteiger partial charge is 0.489 e. The molecule has 0 aliphatic rings. The van der Waals surface area contributed by atoms with Gasteiger partial charge in [0.2, 0.25) is 0 Å². The number of nitrogens with one attached hydrogen (secondary N) is 2. The molecule has 1 atom stereocenters. The van der Waals surface area contributed by atoms with Crippen LogP contribution < -0.4 is 15.4 Å². The SMILES string of the molecule is C[C@@H](OC(=O)/C=C\c1ccc(OCc2ccccc2)cc1)C(=O)NC(=O)NC(C)(C)C. The van der Waals surface area contributed by atoms with E-state index in [1.54, 1.807) is 51.1 Å². The lowest BCUT2D eigenvalue weighted by molar-refractivity contribution is -0.149. The third-order valence-corrected chi connectivity index (χ3v) is 3.93. The molecule has 0 bridgehead atoms. The maximum atomic E-state index is 12.0. The monoisotopic (exact) mass is 424 g/mol. The molecule has 2 aromatic rings. The number of ether oxygens (including phenoxy) is 2. The van der Waals surface area contributed by atoms with Gasteiger partial charge in [-0.05, 0) is 57.0 Å². The minimum Gasteiger partial charge on any atom is -0.489 e. The van der Waals surface area contributed by atoms with E-state index in [1.165, 1.54) is 13.0 Å². The first kappa shape index (κ1) is 23.7. The van der Waals surface area contributed by atoms with Gasteiger partial charge in [-0.3, -0.25) is 10.1 Å². The fraction of sp³-hybridized carbons (Fsp3) is 0.292. The van der Waals surface area contributed by atoms with Crippen LogP contribution in [0.25, 0.3) is 6.08 Å². The van der Waals surface area contributed by atoms with Crippen LogP contribution in [0.2, 0.25) is 0 Å². The van der Waals surface area contributed by atoms with Crippen LogP contribution in [0, 0.1) is 0 Å². The van der Waals surface area contributed by atoms with E-state index in [2.05, 4.69) is 10.6 Å². The highest BCUT2D eigenvalue weighted by Gasteiger charge is 2.21. The molecule has 7 heteroatoms. The van der Waals surface area contributed by atoms with E-state index in [0.29, 0.717) is 12.4 Å². The Balaban J connectivity index is 1.79. The highest BCUT2D eigenvalue weighted by molar-refractivity contribution is 5.98. The predicted molar refractivity (Wildman–Crippen MR) is 118 cm³/mol. The van der Waals surface area contributed by atoms with Crippen molar-refractivity contribution in [3.8, 4) is 5.75 Å². The number of esters is 1. The van der Waals surface area contributed by atoms with Crippen molar-refractivity contribution in [2.75, 3.05) is 0 Å². The van der Waals surface area contributed by atoms with Crippen LogP contribution in [0.15, 0.2) is 60.7 Å². The van der Waals surface area contributed by atoms with Gasteiger partial charge in [0.1, 0.15) is 12.4 Å². The van der Waals surface area contributed by atoms with E-state index in [-0.39, 0.29) is 0 Å². The number of amides is 3. The Hall–Kier alpha value is -3.61. The topological polar surface area (TPSA) is 93.7 Å². The molecule has 0 aliphatic carbocycles. The summed E-state index contributed by atoms with van der Waals surface area (Å²) in [6.07, 6.45) is 1.68. The van der Waals surface area contributed by atoms with E-state index in [0.717, 1.165) is 11.1 Å². The number of carbonyl (C=O) groups excluding carboxylic acids is 3. The molecular formula is C24H28N2O5. The van der Waals surface area contributed by atoms with Gasteiger partial charge in [-0.25, -0.2) is 9.59 Å². The second-order valence-electron chi connectivity index (χ2n) is 7.95. The van der Waals surface area contributed by atoms with Crippen molar-refractivity contribution in [1.29, 1.82) is 0 Å². The fourth-order valence-corrected chi connectivity index (χ4v) is 2.43. The molecule has 2 aromatic carbocycles.